The molecule has 0 aromatic heterocycles. The van der Waals surface area contributed by atoms with Crippen LogP contribution in [0.2, 0.25) is 0 Å². The third-order valence-electron chi connectivity index (χ3n) is 4.15. The first-order chi connectivity index (χ1) is 7.52. The average Bonchev–Trinajstić information content (AvgIpc) is 2.71. The quantitative estimate of drug-likeness (QED) is 0.709. The molecule has 3 heteroatoms. The number of halogens is 1. The Morgan fingerprint density at radius 3 is 2.69 bits per heavy atom. The van der Waals surface area contributed by atoms with Gasteiger partial charge in [0, 0.05) is 18.5 Å². The lowest BCUT2D eigenvalue weighted by molar-refractivity contribution is -0.0299. The van der Waals surface area contributed by atoms with Crippen LogP contribution in [0.5, 0.6) is 0 Å². The van der Waals surface area contributed by atoms with E-state index in [-0.39, 0.29) is 5.60 Å². The van der Waals surface area contributed by atoms with E-state index < -0.39 is 0 Å². The topological polar surface area (TPSA) is 12.5 Å². The van der Waals surface area contributed by atoms with Crippen molar-refractivity contribution in [3.8, 4) is 0 Å². The fraction of sp³-hybridized carbons (Fsp3) is 1.00. The van der Waals surface area contributed by atoms with Crippen molar-refractivity contribution in [1.29, 1.82) is 0 Å². The van der Waals surface area contributed by atoms with Crippen molar-refractivity contribution in [2.75, 3.05) is 19.0 Å². The van der Waals surface area contributed by atoms with Gasteiger partial charge in [-0.1, -0.05) is 6.92 Å². The second-order valence-corrected chi connectivity index (χ2v) is 6.33. The van der Waals surface area contributed by atoms with Crippen LogP contribution in [0.4, 0.5) is 0 Å². The van der Waals surface area contributed by atoms with Crippen LogP contribution in [-0.2, 0) is 4.74 Å². The van der Waals surface area contributed by atoms with Gasteiger partial charge in [0.1, 0.15) is 0 Å². The molecule has 0 amide bonds. The summed E-state index contributed by atoms with van der Waals surface area (Å²) in [7, 11) is 0. The van der Waals surface area contributed by atoms with Crippen molar-refractivity contribution in [2.45, 2.75) is 57.8 Å². The molecule has 3 atom stereocenters. The van der Waals surface area contributed by atoms with E-state index in [4.69, 9.17) is 16.3 Å². The Labute approximate surface area is 104 Å². The molecule has 2 saturated heterocycles. The molecule has 0 spiro atoms. The van der Waals surface area contributed by atoms with Crippen LogP contribution in [0.3, 0.4) is 0 Å². The van der Waals surface area contributed by atoms with E-state index in [0.29, 0.717) is 12.1 Å². The normalized spacial score (nSPS) is 39.4. The van der Waals surface area contributed by atoms with E-state index in [1.807, 2.05) is 0 Å². The minimum atomic E-state index is 0.0898. The molecule has 3 unspecified atom stereocenters. The van der Waals surface area contributed by atoms with Gasteiger partial charge in [0.2, 0.25) is 0 Å². The van der Waals surface area contributed by atoms with Gasteiger partial charge < -0.3 is 4.74 Å². The molecular weight excluding hydrogens is 222 g/mol. The van der Waals surface area contributed by atoms with Crippen molar-refractivity contribution < 1.29 is 4.74 Å². The van der Waals surface area contributed by atoms with Crippen molar-refractivity contribution in [2.24, 2.45) is 5.92 Å². The summed E-state index contributed by atoms with van der Waals surface area (Å²) >= 11 is 6.06. The van der Waals surface area contributed by atoms with Crippen LogP contribution in [0.25, 0.3) is 0 Å². The second-order valence-electron chi connectivity index (χ2n) is 6.02. The highest BCUT2D eigenvalue weighted by Crippen LogP contribution is 2.32. The maximum absolute atomic E-state index is 6.06. The summed E-state index contributed by atoms with van der Waals surface area (Å²) in [5.41, 5.74) is 0.0898. The average molecular weight is 246 g/mol. The molecule has 0 aromatic rings. The summed E-state index contributed by atoms with van der Waals surface area (Å²) in [6.07, 6.45) is 4.10. The molecular formula is C13H24ClNO. The minimum absolute atomic E-state index is 0.0898. The largest absolute Gasteiger partial charge is 0.371 e. The lowest BCUT2D eigenvalue weighted by Crippen LogP contribution is -2.39. The summed E-state index contributed by atoms with van der Waals surface area (Å²) in [5.74, 6) is 1.50. The molecule has 0 bridgehead atoms. The van der Waals surface area contributed by atoms with Gasteiger partial charge >= 0.3 is 0 Å². The summed E-state index contributed by atoms with van der Waals surface area (Å²) in [4.78, 5) is 2.53. The highest BCUT2D eigenvalue weighted by Gasteiger charge is 2.36. The Bertz CT molecular complexity index is 244. The van der Waals surface area contributed by atoms with Crippen molar-refractivity contribution in [1.82, 2.24) is 4.90 Å². The van der Waals surface area contributed by atoms with E-state index >= 15 is 0 Å². The van der Waals surface area contributed by atoms with Crippen LogP contribution in [0.1, 0.15) is 40.0 Å². The molecule has 0 N–H and O–H groups in total. The number of hydrogen-bond acceptors (Lipinski definition) is 2. The number of ether oxygens (including phenoxy) is 1. The van der Waals surface area contributed by atoms with Gasteiger partial charge in [-0.25, -0.2) is 0 Å². The van der Waals surface area contributed by atoms with Crippen LogP contribution in [-0.4, -0.2) is 41.6 Å². The molecule has 2 aliphatic heterocycles. The lowest BCUT2D eigenvalue weighted by Gasteiger charge is -2.28. The van der Waals surface area contributed by atoms with E-state index in [9.17, 15) is 0 Å². The maximum atomic E-state index is 6.06. The molecule has 16 heavy (non-hydrogen) atoms. The molecule has 0 radical (unpaired) electrons. The van der Waals surface area contributed by atoms with Gasteiger partial charge in [0.15, 0.2) is 0 Å². The number of nitrogens with zero attached hydrogens (tertiary/aromatic N) is 1. The predicted octanol–water partition coefficient (Wildman–Crippen LogP) is 2.89. The minimum Gasteiger partial charge on any atom is -0.371 e. The summed E-state index contributed by atoms with van der Waals surface area (Å²) < 4.78 is 6.05. The predicted molar refractivity (Wildman–Crippen MR) is 68.0 cm³/mol. The van der Waals surface area contributed by atoms with Gasteiger partial charge in [-0.2, -0.15) is 0 Å². The first-order valence-corrected chi connectivity index (χ1v) is 7.03. The van der Waals surface area contributed by atoms with Crippen molar-refractivity contribution >= 4 is 11.6 Å². The van der Waals surface area contributed by atoms with Crippen molar-refractivity contribution in [3.05, 3.63) is 0 Å². The zero-order valence-corrected chi connectivity index (χ0v) is 11.5. The monoisotopic (exact) mass is 245 g/mol. The molecule has 0 aromatic carbocycles. The molecule has 94 valence electrons. The van der Waals surface area contributed by atoms with E-state index in [1.165, 1.54) is 25.8 Å². The maximum Gasteiger partial charge on any atom is 0.0710 e. The van der Waals surface area contributed by atoms with E-state index in [2.05, 4.69) is 25.7 Å². The third-order valence-corrected chi connectivity index (χ3v) is 4.46. The first-order valence-electron chi connectivity index (χ1n) is 6.49. The summed E-state index contributed by atoms with van der Waals surface area (Å²) in [6.45, 7) is 8.97. The number of alkyl halides is 1. The van der Waals surface area contributed by atoms with Crippen LogP contribution in [0.15, 0.2) is 0 Å². The molecule has 2 rings (SSSR count). The SMILES string of the molecule is CC1CCN(CC2CCC(C)(C)O2)C1CCl. The molecule has 2 nitrogen and oxygen atoms in total. The standard InChI is InChI=1S/C13H24ClNO/c1-10-5-7-15(12(10)8-14)9-11-4-6-13(2,3)16-11/h10-12H,4-9H2,1-3H3. The second kappa shape index (κ2) is 4.83. The van der Waals surface area contributed by atoms with Gasteiger partial charge in [0.25, 0.3) is 0 Å². The number of likely N-dealkylation sites (tertiary alicyclic amines) is 1. The molecule has 2 aliphatic rings. The summed E-state index contributed by atoms with van der Waals surface area (Å²) in [6, 6.07) is 0.564. The Morgan fingerprint density at radius 1 is 1.38 bits per heavy atom. The smallest absolute Gasteiger partial charge is 0.0710 e. The Kier molecular flexibility index (Phi) is 3.82. The van der Waals surface area contributed by atoms with Crippen LogP contribution in [0, 0.1) is 5.92 Å². The van der Waals surface area contributed by atoms with E-state index in [0.717, 1.165) is 18.3 Å². The Balaban J connectivity index is 1.86. The summed E-state index contributed by atoms with van der Waals surface area (Å²) in [5, 5.41) is 0. The molecule has 0 saturated carbocycles. The van der Waals surface area contributed by atoms with Crippen LogP contribution >= 0.6 is 11.6 Å². The van der Waals surface area contributed by atoms with Gasteiger partial charge in [-0.05, 0) is 45.6 Å². The van der Waals surface area contributed by atoms with Gasteiger partial charge in [0.05, 0.1) is 11.7 Å². The first kappa shape index (κ1) is 12.7. The zero-order chi connectivity index (χ0) is 11.8. The highest BCUT2D eigenvalue weighted by atomic mass is 35.5. The fourth-order valence-corrected chi connectivity index (χ4v) is 3.53. The molecule has 2 fully saturated rings. The van der Waals surface area contributed by atoms with Crippen LogP contribution < -0.4 is 0 Å². The van der Waals surface area contributed by atoms with Gasteiger partial charge in [-0.15, -0.1) is 11.6 Å². The highest BCUT2D eigenvalue weighted by molar-refractivity contribution is 6.18. The Hall–Kier alpha value is 0.210. The third kappa shape index (κ3) is 2.72. The fourth-order valence-electron chi connectivity index (χ4n) is 3.03. The van der Waals surface area contributed by atoms with Crippen molar-refractivity contribution in [3.63, 3.8) is 0 Å². The molecule has 2 heterocycles. The Morgan fingerprint density at radius 2 is 2.12 bits per heavy atom. The van der Waals surface area contributed by atoms with E-state index in [1.54, 1.807) is 0 Å². The van der Waals surface area contributed by atoms with Gasteiger partial charge in [-0.3, -0.25) is 4.90 Å². The zero-order valence-electron chi connectivity index (χ0n) is 10.7. The molecule has 0 aliphatic carbocycles. The number of rotatable bonds is 3. The lowest BCUT2D eigenvalue weighted by atomic mass is 10.0. The number of hydrogen-bond donors (Lipinski definition) is 0.